The largest absolute Gasteiger partial charge is 0.456 e. The van der Waals surface area contributed by atoms with Crippen molar-refractivity contribution in [2.45, 2.75) is 33.4 Å². The Morgan fingerprint density at radius 3 is 2.45 bits per heavy atom. The van der Waals surface area contributed by atoms with Crippen molar-refractivity contribution in [1.82, 2.24) is 4.57 Å². The van der Waals surface area contributed by atoms with Crippen molar-refractivity contribution in [3.63, 3.8) is 0 Å². The number of carbonyl (C=O) groups is 1. The van der Waals surface area contributed by atoms with Gasteiger partial charge >= 0.3 is 5.97 Å². The summed E-state index contributed by atoms with van der Waals surface area (Å²) in [6, 6.07) is 9.72. The van der Waals surface area contributed by atoms with Gasteiger partial charge in [0.25, 0.3) is 0 Å². The second kappa shape index (κ2) is 6.28. The zero-order chi connectivity index (χ0) is 14.5. The van der Waals surface area contributed by atoms with Gasteiger partial charge in [-0.05, 0) is 30.5 Å². The molecule has 20 heavy (non-hydrogen) atoms. The molecule has 0 aliphatic rings. The van der Waals surface area contributed by atoms with Gasteiger partial charge in [0.2, 0.25) is 0 Å². The van der Waals surface area contributed by atoms with Crippen molar-refractivity contribution in [3.05, 3.63) is 53.3 Å². The maximum Gasteiger partial charge on any atom is 0.355 e. The summed E-state index contributed by atoms with van der Waals surface area (Å²) in [5.74, 6) is -0.344. The van der Waals surface area contributed by atoms with E-state index in [1.807, 2.05) is 19.1 Å². The number of nitrogens with two attached hydrogens (primary N) is 1. The van der Waals surface area contributed by atoms with E-state index in [2.05, 4.69) is 19.1 Å². The zero-order valence-corrected chi connectivity index (χ0v) is 11.9. The van der Waals surface area contributed by atoms with E-state index < -0.39 is 0 Å². The smallest absolute Gasteiger partial charge is 0.355 e. The summed E-state index contributed by atoms with van der Waals surface area (Å²) in [5.41, 5.74) is 9.03. The third-order valence-corrected chi connectivity index (χ3v) is 3.27. The predicted octanol–water partition coefficient (Wildman–Crippen LogP) is 3.01. The highest BCUT2D eigenvalue weighted by Crippen LogP contribution is 2.13. The summed E-state index contributed by atoms with van der Waals surface area (Å²) >= 11 is 0. The van der Waals surface area contributed by atoms with Crippen LogP contribution in [0.2, 0.25) is 0 Å². The Balaban J connectivity index is 2.00. The summed E-state index contributed by atoms with van der Waals surface area (Å²) in [4.78, 5) is 12.0. The van der Waals surface area contributed by atoms with Gasteiger partial charge in [0, 0.05) is 12.7 Å². The highest BCUT2D eigenvalue weighted by molar-refractivity contribution is 5.89. The monoisotopic (exact) mass is 272 g/mol. The number of aromatic nitrogens is 1. The Hall–Kier alpha value is -2.23. The lowest BCUT2D eigenvalue weighted by molar-refractivity contribution is 0.0460. The lowest BCUT2D eigenvalue weighted by Gasteiger charge is -2.07. The molecular formula is C16H20N2O2. The molecule has 4 nitrogen and oxygen atoms in total. The van der Waals surface area contributed by atoms with Gasteiger partial charge in [-0.2, -0.15) is 0 Å². The molecule has 4 heteroatoms. The molecule has 1 aromatic heterocycles. The number of esters is 1. The average Bonchev–Trinajstić information content (AvgIpc) is 2.86. The molecule has 1 aromatic carbocycles. The topological polar surface area (TPSA) is 57.2 Å². The predicted molar refractivity (Wildman–Crippen MR) is 79.5 cm³/mol. The molecule has 0 saturated carbocycles. The van der Waals surface area contributed by atoms with E-state index in [1.54, 1.807) is 16.8 Å². The zero-order valence-electron chi connectivity index (χ0n) is 11.9. The number of aryl methyl sites for hydroxylation is 2. The third kappa shape index (κ3) is 3.20. The van der Waals surface area contributed by atoms with E-state index in [1.165, 1.54) is 5.56 Å². The van der Waals surface area contributed by atoms with Crippen LogP contribution in [-0.2, 0) is 24.3 Å². The minimum absolute atomic E-state index is 0.275. The molecule has 2 aromatic rings. The molecule has 0 atom stereocenters. The first kappa shape index (κ1) is 14.2. The number of anilines is 1. The number of hydrogen-bond acceptors (Lipinski definition) is 3. The van der Waals surface area contributed by atoms with Gasteiger partial charge < -0.3 is 15.0 Å². The van der Waals surface area contributed by atoms with Gasteiger partial charge in [0.1, 0.15) is 12.3 Å². The van der Waals surface area contributed by atoms with Crippen molar-refractivity contribution >= 4 is 11.7 Å². The SMILES string of the molecule is CCc1ccc(COC(=O)c2cc(N)cn2CC)cc1. The van der Waals surface area contributed by atoms with Gasteiger partial charge in [-0.3, -0.25) is 0 Å². The molecule has 0 spiro atoms. The van der Waals surface area contributed by atoms with Crippen LogP contribution in [0.1, 0.15) is 35.5 Å². The number of carbonyl (C=O) groups excluding carboxylic acids is 1. The molecule has 0 unspecified atom stereocenters. The molecule has 0 aliphatic heterocycles. The quantitative estimate of drug-likeness (QED) is 0.851. The van der Waals surface area contributed by atoms with Gasteiger partial charge in [-0.15, -0.1) is 0 Å². The number of hydrogen-bond donors (Lipinski definition) is 1. The summed E-state index contributed by atoms with van der Waals surface area (Å²) in [7, 11) is 0. The van der Waals surface area contributed by atoms with Crippen LogP contribution >= 0.6 is 0 Å². The Bertz CT molecular complexity index is 585. The molecular weight excluding hydrogens is 252 g/mol. The summed E-state index contributed by atoms with van der Waals surface area (Å²) in [6.45, 7) is 5.03. The van der Waals surface area contributed by atoms with Crippen LogP contribution in [0.5, 0.6) is 0 Å². The van der Waals surface area contributed by atoms with Gasteiger partial charge in [0.15, 0.2) is 0 Å². The minimum atomic E-state index is -0.344. The minimum Gasteiger partial charge on any atom is -0.456 e. The van der Waals surface area contributed by atoms with E-state index in [-0.39, 0.29) is 12.6 Å². The molecule has 0 radical (unpaired) electrons. The van der Waals surface area contributed by atoms with Crippen LogP contribution in [0.25, 0.3) is 0 Å². The van der Waals surface area contributed by atoms with E-state index in [0.29, 0.717) is 17.9 Å². The molecule has 2 rings (SSSR count). The van der Waals surface area contributed by atoms with Crippen LogP contribution in [0, 0.1) is 0 Å². The number of nitrogens with zero attached hydrogens (tertiary/aromatic N) is 1. The van der Waals surface area contributed by atoms with Crippen LogP contribution in [0.3, 0.4) is 0 Å². The fraction of sp³-hybridized carbons (Fsp3) is 0.312. The number of ether oxygens (including phenoxy) is 1. The van der Waals surface area contributed by atoms with Crippen molar-refractivity contribution < 1.29 is 9.53 Å². The number of benzene rings is 1. The molecule has 0 aliphatic carbocycles. The summed E-state index contributed by atoms with van der Waals surface area (Å²) in [5, 5.41) is 0. The Kier molecular flexibility index (Phi) is 4.45. The molecule has 2 N–H and O–H groups in total. The first-order valence-electron chi connectivity index (χ1n) is 6.84. The van der Waals surface area contributed by atoms with E-state index in [4.69, 9.17) is 10.5 Å². The first-order chi connectivity index (χ1) is 9.63. The average molecular weight is 272 g/mol. The fourth-order valence-electron chi connectivity index (χ4n) is 2.06. The second-order valence-corrected chi connectivity index (χ2v) is 4.69. The van der Waals surface area contributed by atoms with Crippen LogP contribution in [0.15, 0.2) is 36.5 Å². The molecule has 0 bridgehead atoms. The fourth-order valence-corrected chi connectivity index (χ4v) is 2.06. The summed E-state index contributed by atoms with van der Waals surface area (Å²) < 4.78 is 7.12. The maximum atomic E-state index is 12.0. The molecule has 0 saturated heterocycles. The van der Waals surface area contributed by atoms with Crippen molar-refractivity contribution in [3.8, 4) is 0 Å². The highest BCUT2D eigenvalue weighted by Gasteiger charge is 2.13. The lowest BCUT2D eigenvalue weighted by Crippen LogP contribution is -2.11. The Morgan fingerprint density at radius 1 is 1.20 bits per heavy atom. The van der Waals surface area contributed by atoms with Gasteiger partial charge in [-0.1, -0.05) is 31.2 Å². The summed E-state index contributed by atoms with van der Waals surface area (Å²) in [6.07, 6.45) is 2.75. The molecule has 106 valence electrons. The van der Waals surface area contributed by atoms with Gasteiger partial charge in [-0.25, -0.2) is 4.79 Å². The Morgan fingerprint density at radius 2 is 1.85 bits per heavy atom. The van der Waals surface area contributed by atoms with Crippen LogP contribution in [0.4, 0.5) is 5.69 Å². The normalized spacial score (nSPS) is 10.5. The van der Waals surface area contributed by atoms with Crippen LogP contribution < -0.4 is 5.73 Å². The molecule has 0 amide bonds. The molecule has 0 fully saturated rings. The van der Waals surface area contributed by atoms with E-state index in [0.717, 1.165) is 12.0 Å². The van der Waals surface area contributed by atoms with Gasteiger partial charge in [0.05, 0.1) is 5.69 Å². The third-order valence-electron chi connectivity index (χ3n) is 3.27. The van der Waals surface area contributed by atoms with E-state index in [9.17, 15) is 4.79 Å². The van der Waals surface area contributed by atoms with Crippen LogP contribution in [-0.4, -0.2) is 10.5 Å². The Labute approximate surface area is 119 Å². The van der Waals surface area contributed by atoms with Crippen molar-refractivity contribution in [2.75, 3.05) is 5.73 Å². The highest BCUT2D eigenvalue weighted by atomic mass is 16.5. The first-order valence-corrected chi connectivity index (χ1v) is 6.84. The number of rotatable bonds is 5. The van der Waals surface area contributed by atoms with E-state index >= 15 is 0 Å². The van der Waals surface area contributed by atoms with Crippen molar-refractivity contribution in [1.29, 1.82) is 0 Å². The lowest BCUT2D eigenvalue weighted by atomic mass is 10.1. The van der Waals surface area contributed by atoms with Crippen molar-refractivity contribution in [2.24, 2.45) is 0 Å². The molecule has 1 heterocycles. The standard InChI is InChI=1S/C16H20N2O2/c1-3-12-5-7-13(8-6-12)11-20-16(19)15-9-14(17)10-18(15)4-2/h5-10H,3-4,11,17H2,1-2H3. The number of nitrogen functional groups attached to an aromatic ring is 1. The second-order valence-electron chi connectivity index (χ2n) is 4.69. The maximum absolute atomic E-state index is 12.0.